The smallest absolute Gasteiger partial charge is 0.261 e. The number of rotatable bonds is 4. The van der Waals surface area contributed by atoms with Gasteiger partial charge in [-0.05, 0) is 31.2 Å². The van der Waals surface area contributed by atoms with Crippen LogP contribution in [0.2, 0.25) is 0 Å². The quantitative estimate of drug-likeness (QED) is 0.738. The van der Waals surface area contributed by atoms with Crippen LogP contribution in [0.5, 0.6) is 0 Å². The second kappa shape index (κ2) is 6.08. The highest BCUT2D eigenvalue weighted by Crippen LogP contribution is 2.09. The predicted molar refractivity (Wildman–Crippen MR) is 85.9 cm³/mol. The lowest BCUT2D eigenvalue weighted by Crippen LogP contribution is -2.33. The Morgan fingerprint density at radius 1 is 1.26 bits per heavy atom. The number of aromatic nitrogens is 2. The number of hydrogen-bond donors (Lipinski definition) is 0. The minimum Gasteiger partial charge on any atom is -0.464 e. The van der Waals surface area contributed by atoms with Crippen molar-refractivity contribution in [3.8, 4) is 0 Å². The molecule has 1 amide bonds. The number of carbonyl (C=O) groups is 1. The molecule has 3 aromatic rings. The summed E-state index contributed by atoms with van der Waals surface area (Å²) < 4.78 is 6.79. The molecule has 0 spiro atoms. The van der Waals surface area contributed by atoms with Crippen LogP contribution in [0, 0.1) is 6.92 Å². The van der Waals surface area contributed by atoms with Crippen molar-refractivity contribution < 1.29 is 9.21 Å². The summed E-state index contributed by atoms with van der Waals surface area (Å²) in [5.41, 5.74) is 0.409. The fourth-order valence-electron chi connectivity index (χ4n) is 2.38. The number of likely N-dealkylation sites (N-methyl/N-ethyl adjacent to an activating group) is 1. The van der Waals surface area contributed by atoms with Crippen molar-refractivity contribution >= 4 is 16.8 Å². The monoisotopic (exact) mass is 311 g/mol. The Hall–Kier alpha value is -2.89. The van der Waals surface area contributed by atoms with Crippen LogP contribution in [0.25, 0.3) is 10.9 Å². The lowest BCUT2D eigenvalue weighted by Gasteiger charge is -2.16. The van der Waals surface area contributed by atoms with E-state index in [2.05, 4.69) is 4.98 Å². The first kappa shape index (κ1) is 15.0. The molecule has 0 aliphatic carbocycles. The van der Waals surface area contributed by atoms with E-state index in [1.807, 2.05) is 25.1 Å². The fourth-order valence-corrected chi connectivity index (χ4v) is 2.38. The molecule has 0 aliphatic heterocycles. The van der Waals surface area contributed by atoms with E-state index in [1.165, 1.54) is 15.8 Å². The Kier molecular flexibility index (Phi) is 3.97. The zero-order valence-corrected chi connectivity index (χ0v) is 13.0. The van der Waals surface area contributed by atoms with Crippen LogP contribution >= 0.6 is 0 Å². The highest BCUT2D eigenvalue weighted by molar-refractivity contribution is 5.78. The zero-order chi connectivity index (χ0) is 16.4. The van der Waals surface area contributed by atoms with Crippen LogP contribution in [0.1, 0.15) is 11.5 Å². The largest absolute Gasteiger partial charge is 0.464 e. The second-order valence-electron chi connectivity index (χ2n) is 5.46. The summed E-state index contributed by atoms with van der Waals surface area (Å²) in [5, 5.41) is 0.507. The molecule has 3 rings (SSSR count). The van der Waals surface area contributed by atoms with E-state index in [4.69, 9.17) is 4.42 Å². The second-order valence-corrected chi connectivity index (χ2v) is 5.46. The minimum atomic E-state index is -0.216. The van der Waals surface area contributed by atoms with Gasteiger partial charge in [-0.1, -0.05) is 12.1 Å². The van der Waals surface area contributed by atoms with Crippen molar-refractivity contribution in [3.63, 3.8) is 0 Å². The summed E-state index contributed by atoms with van der Waals surface area (Å²) in [4.78, 5) is 30.4. The Bertz CT molecular complexity index is 911. The lowest BCUT2D eigenvalue weighted by molar-refractivity contribution is -0.131. The molecule has 0 saturated heterocycles. The van der Waals surface area contributed by atoms with Crippen molar-refractivity contribution in [3.05, 3.63) is 64.6 Å². The van der Waals surface area contributed by atoms with Gasteiger partial charge in [0.1, 0.15) is 18.1 Å². The van der Waals surface area contributed by atoms with Crippen LogP contribution < -0.4 is 5.56 Å². The van der Waals surface area contributed by atoms with Crippen molar-refractivity contribution in [2.45, 2.75) is 20.0 Å². The van der Waals surface area contributed by atoms with Gasteiger partial charge in [0, 0.05) is 7.05 Å². The van der Waals surface area contributed by atoms with Gasteiger partial charge in [0.15, 0.2) is 0 Å². The number of nitrogens with zero attached hydrogens (tertiary/aromatic N) is 3. The minimum absolute atomic E-state index is 0.0488. The van der Waals surface area contributed by atoms with Crippen molar-refractivity contribution in [2.24, 2.45) is 0 Å². The van der Waals surface area contributed by atoms with Crippen LogP contribution in [-0.2, 0) is 17.9 Å². The third-order valence-electron chi connectivity index (χ3n) is 3.65. The molecule has 2 heterocycles. The SMILES string of the molecule is Cc1ccc(CN(C)C(=O)Cn2cnc3ccccc3c2=O)o1. The number of benzene rings is 1. The Labute approximate surface area is 133 Å². The molecule has 2 aromatic heterocycles. The molecule has 6 heteroatoms. The van der Waals surface area contributed by atoms with E-state index < -0.39 is 0 Å². The van der Waals surface area contributed by atoms with Gasteiger partial charge in [0.05, 0.1) is 23.8 Å². The van der Waals surface area contributed by atoms with Gasteiger partial charge < -0.3 is 9.32 Å². The summed E-state index contributed by atoms with van der Waals surface area (Å²) in [7, 11) is 1.68. The van der Waals surface area contributed by atoms with E-state index in [9.17, 15) is 9.59 Å². The van der Waals surface area contributed by atoms with Gasteiger partial charge in [-0.3, -0.25) is 14.2 Å². The Balaban J connectivity index is 1.77. The van der Waals surface area contributed by atoms with Gasteiger partial charge in [-0.2, -0.15) is 0 Å². The molecule has 0 saturated carbocycles. The van der Waals surface area contributed by atoms with Crippen molar-refractivity contribution in [1.29, 1.82) is 0 Å². The maximum atomic E-state index is 12.4. The average Bonchev–Trinajstić information content (AvgIpc) is 2.95. The van der Waals surface area contributed by atoms with Gasteiger partial charge in [-0.25, -0.2) is 4.98 Å². The summed E-state index contributed by atoms with van der Waals surface area (Å²) in [6, 6.07) is 10.8. The Morgan fingerprint density at radius 2 is 2.04 bits per heavy atom. The summed E-state index contributed by atoms with van der Waals surface area (Å²) in [6.07, 6.45) is 1.41. The first-order valence-corrected chi connectivity index (χ1v) is 7.28. The third kappa shape index (κ3) is 3.15. The maximum Gasteiger partial charge on any atom is 0.261 e. The highest BCUT2D eigenvalue weighted by atomic mass is 16.3. The first-order valence-electron chi connectivity index (χ1n) is 7.28. The van der Waals surface area contributed by atoms with Crippen molar-refractivity contribution in [2.75, 3.05) is 7.05 Å². The molecule has 0 radical (unpaired) electrons. The molecule has 0 aliphatic rings. The number of hydrogen-bond acceptors (Lipinski definition) is 4. The highest BCUT2D eigenvalue weighted by Gasteiger charge is 2.13. The third-order valence-corrected chi connectivity index (χ3v) is 3.65. The first-order chi connectivity index (χ1) is 11.0. The van der Waals surface area contributed by atoms with Crippen LogP contribution in [-0.4, -0.2) is 27.4 Å². The molecule has 0 unspecified atom stereocenters. The Morgan fingerprint density at radius 3 is 2.78 bits per heavy atom. The molecule has 0 atom stereocenters. The molecule has 0 N–H and O–H groups in total. The van der Waals surface area contributed by atoms with E-state index in [0.29, 0.717) is 23.2 Å². The van der Waals surface area contributed by atoms with Crippen molar-refractivity contribution in [1.82, 2.24) is 14.5 Å². The van der Waals surface area contributed by atoms with E-state index in [1.54, 1.807) is 25.2 Å². The number of carbonyl (C=O) groups excluding carboxylic acids is 1. The van der Waals surface area contributed by atoms with Gasteiger partial charge in [-0.15, -0.1) is 0 Å². The number of amides is 1. The molecule has 118 valence electrons. The molecule has 23 heavy (non-hydrogen) atoms. The molecule has 1 aromatic carbocycles. The normalized spacial score (nSPS) is 10.9. The van der Waals surface area contributed by atoms with E-state index in [0.717, 1.165) is 5.76 Å². The van der Waals surface area contributed by atoms with E-state index >= 15 is 0 Å². The number of fused-ring (bicyclic) bond motifs is 1. The zero-order valence-electron chi connectivity index (χ0n) is 13.0. The van der Waals surface area contributed by atoms with Gasteiger partial charge in [0.25, 0.3) is 5.56 Å². The standard InChI is InChI=1S/C17H17N3O3/c1-12-7-8-13(23-12)9-19(2)16(21)10-20-11-18-15-6-4-3-5-14(15)17(20)22/h3-8,11H,9-10H2,1-2H3. The topological polar surface area (TPSA) is 68.3 Å². The van der Waals surface area contributed by atoms with Gasteiger partial charge >= 0.3 is 0 Å². The summed E-state index contributed by atoms with van der Waals surface area (Å²) in [6.45, 7) is 2.17. The summed E-state index contributed by atoms with van der Waals surface area (Å²) >= 11 is 0. The fraction of sp³-hybridized carbons (Fsp3) is 0.235. The van der Waals surface area contributed by atoms with Gasteiger partial charge in [0.2, 0.25) is 5.91 Å². The van der Waals surface area contributed by atoms with Crippen LogP contribution in [0.4, 0.5) is 0 Å². The number of aryl methyl sites for hydroxylation is 1. The molecule has 0 fully saturated rings. The maximum absolute atomic E-state index is 12.4. The summed E-state index contributed by atoms with van der Waals surface area (Å²) in [5.74, 6) is 1.33. The van der Waals surface area contributed by atoms with E-state index in [-0.39, 0.29) is 18.0 Å². The molecule has 6 nitrogen and oxygen atoms in total. The number of furan rings is 1. The molecular weight excluding hydrogens is 294 g/mol. The number of para-hydroxylation sites is 1. The molecule has 0 bridgehead atoms. The van der Waals surface area contributed by atoms with Crippen LogP contribution in [0.3, 0.4) is 0 Å². The van der Waals surface area contributed by atoms with Crippen LogP contribution in [0.15, 0.2) is 51.9 Å². The predicted octanol–water partition coefficient (Wildman–Crippen LogP) is 1.96. The average molecular weight is 311 g/mol. The molecular formula is C17H17N3O3. The lowest BCUT2D eigenvalue weighted by atomic mass is 10.2.